The Balaban J connectivity index is 1.93. The van der Waals surface area contributed by atoms with Crippen LogP contribution in [0.15, 0.2) is 52.9 Å². The molecule has 4 N–H and O–H groups in total. The molecule has 0 aliphatic carbocycles. The summed E-state index contributed by atoms with van der Waals surface area (Å²) < 4.78 is 36.5. The van der Waals surface area contributed by atoms with Gasteiger partial charge in [-0.3, -0.25) is 10.1 Å². The molecule has 4 rings (SSSR count). The van der Waals surface area contributed by atoms with Gasteiger partial charge in [-0.2, -0.15) is 0 Å². The van der Waals surface area contributed by atoms with E-state index in [1.54, 1.807) is 0 Å². The van der Waals surface area contributed by atoms with Crippen LogP contribution in [-0.2, 0) is 15.7 Å². The summed E-state index contributed by atoms with van der Waals surface area (Å²) in [5, 5.41) is 13.2. The average molecular weight is 523 g/mol. The second kappa shape index (κ2) is 9.21. The van der Waals surface area contributed by atoms with Crippen molar-refractivity contribution in [3.8, 4) is 0 Å². The number of nitrogens with one attached hydrogen (secondary N) is 1. The van der Waals surface area contributed by atoms with Crippen LogP contribution in [0, 0.1) is 18.6 Å². The van der Waals surface area contributed by atoms with Gasteiger partial charge in [-0.05, 0) is 49.2 Å². The zero-order chi connectivity index (χ0) is 25.7. The molecule has 0 amide bonds. The van der Waals surface area contributed by atoms with E-state index in [4.69, 9.17) is 33.4 Å². The van der Waals surface area contributed by atoms with Gasteiger partial charge >= 0.3 is 5.97 Å². The summed E-state index contributed by atoms with van der Waals surface area (Å²) in [5.41, 5.74) is 4.76. The van der Waals surface area contributed by atoms with Gasteiger partial charge in [0.05, 0.1) is 10.6 Å². The number of aliphatic carboxylic acids is 1. The Morgan fingerprint density at radius 2 is 1.91 bits per heavy atom. The van der Waals surface area contributed by atoms with Crippen molar-refractivity contribution in [3.05, 3.63) is 92.9 Å². The molecule has 1 aliphatic heterocycles. The smallest absolute Gasteiger partial charge is 0.321 e. The Labute approximate surface area is 212 Å². The van der Waals surface area contributed by atoms with Crippen LogP contribution in [0.4, 0.5) is 8.78 Å². The lowest BCUT2D eigenvalue weighted by Crippen LogP contribution is -2.53. The minimum Gasteiger partial charge on any atom is -0.480 e. The van der Waals surface area contributed by atoms with Crippen molar-refractivity contribution in [3.63, 3.8) is 0 Å². The standard InChI is InChI=1S/C26H26Cl2F2N2O3/c1-13-7-10-20(35-13)25(2,3)12-19-26(31,16-9-8-14(27)11-18(16)29)21(23(32-19)24(33)34)15-5-4-6-17(28)22(15)30/h4-11,19,21,23,32H,12,31H2,1-3H3,(H,33,34). The van der Waals surface area contributed by atoms with E-state index in [9.17, 15) is 9.90 Å². The number of carboxylic acids is 1. The highest BCUT2D eigenvalue weighted by Gasteiger charge is 2.59. The first-order valence-electron chi connectivity index (χ1n) is 11.1. The molecular weight excluding hydrogens is 497 g/mol. The Kier molecular flexibility index (Phi) is 6.74. The number of carbonyl (C=O) groups is 1. The lowest BCUT2D eigenvalue weighted by Gasteiger charge is -2.40. The van der Waals surface area contributed by atoms with Gasteiger partial charge in [-0.15, -0.1) is 0 Å². The van der Waals surface area contributed by atoms with Gasteiger partial charge in [0.15, 0.2) is 0 Å². The number of hydrogen-bond acceptors (Lipinski definition) is 4. The van der Waals surface area contributed by atoms with Crippen molar-refractivity contribution in [2.75, 3.05) is 0 Å². The van der Waals surface area contributed by atoms with E-state index in [1.807, 2.05) is 32.9 Å². The third kappa shape index (κ3) is 4.47. The first kappa shape index (κ1) is 25.6. The van der Waals surface area contributed by atoms with Crippen LogP contribution in [0.1, 0.15) is 48.8 Å². The summed E-state index contributed by atoms with van der Waals surface area (Å²) in [5.74, 6) is -2.55. The predicted octanol–water partition coefficient (Wildman–Crippen LogP) is 5.90. The molecule has 4 atom stereocenters. The van der Waals surface area contributed by atoms with Crippen molar-refractivity contribution in [2.24, 2.45) is 5.73 Å². The SMILES string of the molecule is Cc1ccc(C(C)(C)CC2NC(C(=O)O)C(c3cccc(Cl)c3F)C2(N)c2ccc(Cl)cc2F)o1. The maximum Gasteiger partial charge on any atom is 0.321 e. The largest absolute Gasteiger partial charge is 0.480 e. The highest BCUT2D eigenvalue weighted by molar-refractivity contribution is 6.31. The lowest BCUT2D eigenvalue weighted by molar-refractivity contribution is -0.139. The van der Waals surface area contributed by atoms with Crippen LogP contribution in [0.25, 0.3) is 0 Å². The van der Waals surface area contributed by atoms with Gasteiger partial charge in [-0.1, -0.05) is 55.2 Å². The van der Waals surface area contributed by atoms with Gasteiger partial charge in [0.25, 0.3) is 0 Å². The molecule has 3 aromatic rings. The van der Waals surface area contributed by atoms with Gasteiger partial charge in [0.2, 0.25) is 0 Å². The number of aryl methyl sites for hydroxylation is 1. The monoisotopic (exact) mass is 522 g/mol. The third-order valence-electron chi connectivity index (χ3n) is 6.91. The molecule has 2 heterocycles. The van der Waals surface area contributed by atoms with Crippen LogP contribution in [0.3, 0.4) is 0 Å². The fraction of sp³-hybridized carbons (Fsp3) is 0.346. The summed E-state index contributed by atoms with van der Waals surface area (Å²) in [6.07, 6.45) is 0.265. The Morgan fingerprint density at radius 1 is 1.20 bits per heavy atom. The minimum atomic E-state index is -1.68. The predicted molar refractivity (Wildman–Crippen MR) is 131 cm³/mol. The number of rotatable bonds is 6. The maximum absolute atomic E-state index is 15.4. The van der Waals surface area contributed by atoms with Gasteiger partial charge in [0, 0.05) is 28.0 Å². The highest BCUT2D eigenvalue weighted by atomic mass is 35.5. The van der Waals surface area contributed by atoms with Crippen LogP contribution in [0.2, 0.25) is 10.0 Å². The number of halogens is 4. The molecule has 2 aromatic carbocycles. The highest BCUT2D eigenvalue weighted by Crippen LogP contribution is 2.50. The zero-order valence-corrected chi connectivity index (χ0v) is 20.9. The van der Waals surface area contributed by atoms with Crippen molar-refractivity contribution < 1.29 is 23.1 Å². The summed E-state index contributed by atoms with van der Waals surface area (Å²) in [4.78, 5) is 12.4. The lowest BCUT2D eigenvalue weighted by atomic mass is 9.68. The molecule has 0 bridgehead atoms. The fourth-order valence-electron chi connectivity index (χ4n) is 5.19. The topological polar surface area (TPSA) is 88.5 Å². The number of hydrogen-bond donors (Lipinski definition) is 3. The number of nitrogens with two attached hydrogens (primary N) is 1. The molecule has 4 unspecified atom stereocenters. The zero-order valence-electron chi connectivity index (χ0n) is 19.4. The van der Waals surface area contributed by atoms with E-state index in [2.05, 4.69) is 5.32 Å². The molecule has 5 nitrogen and oxygen atoms in total. The molecular formula is C26H26Cl2F2N2O3. The first-order valence-corrected chi connectivity index (χ1v) is 11.9. The van der Waals surface area contributed by atoms with Gasteiger partial charge in [-0.25, -0.2) is 8.78 Å². The van der Waals surface area contributed by atoms with Crippen molar-refractivity contribution in [1.82, 2.24) is 5.32 Å². The second-order valence-electron chi connectivity index (χ2n) is 9.71. The summed E-state index contributed by atoms with van der Waals surface area (Å²) in [6.45, 7) is 5.67. The molecule has 1 aliphatic rings. The van der Waals surface area contributed by atoms with Crippen LogP contribution >= 0.6 is 23.2 Å². The van der Waals surface area contributed by atoms with Crippen molar-refractivity contribution in [2.45, 2.75) is 56.1 Å². The van der Waals surface area contributed by atoms with Crippen LogP contribution < -0.4 is 11.1 Å². The summed E-state index contributed by atoms with van der Waals surface area (Å²) in [6, 6.07) is 9.89. The van der Waals surface area contributed by atoms with E-state index in [0.29, 0.717) is 5.76 Å². The van der Waals surface area contributed by atoms with Crippen molar-refractivity contribution in [1.29, 1.82) is 0 Å². The van der Waals surface area contributed by atoms with E-state index < -0.39 is 46.6 Å². The van der Waals surface area contributed by atoms with E-state index in [0.717, 1.165) is 11.8 Å². The van der Waals surface area contributed by atoms with Gasteiger partial charge < -0.3 is 15.3 Å². The summed E-state index contributed by atoms with van der Waals surface area (Å²) >= 11 is 12.0. The molecule has 0 spiro atoms. The molecule has 0 radical (unpaired) electrons. The van der Waals surface area contributed by atoms with E-state index in [-0.39, 0.29) is 27.6 Å². The molecule has 186 valence electrons. The molecule has 9 heteroatoms. The van der Waals surface area contributed by atoms with Crippen LogP contribution in [0.5, 0.6) is 0 Å². The Bertz CT molecular complexity index is 1280. The van der Waals surface area contributed by atoms with Gasteiger partial charge in [0.1, 0.15) is 29.2 Å². The molecule has 1 fully saturated rings. The average Bonchev–Trinajstić information content (AvgIpc) is 3.33. The summed E-state index contributed by atoms with van der Waals surface area (Å²) in [7, 11) is 0. The molecule has 0 saturated carbocycles. The fourth-order valence-corrected chi connectivity index (χ4v) is 5.53. The van der Waals surface area contributed by atoms with E-state index >= 15 is 8.78 Å². The maximum atomic E-state index is 15.4. The Morgan fingerprint density at radius 3 is 2.51 bits per heavy atom. The van der Waals surface area contributed by atoms with Crippen LogP contribution in [-0.4, -0.2) is 23.2 Å². The van der Waals surface area contributed by atoms with Crippen molar-refractivity contribution >= 4 is 29.2 Å². The quantitative estimate of drug-likeness (QED) is 0.374. The Hall–Kier alpha value is -2.45. The molecule has 35 heavy (non-hydrogen) atoms. The number of benzene rings is 2. The normalized spacial score (nSPS) is 24.6. The minimum absolute atomic E-state index is 0.0107. The third-order valence-corrected chi connectivity index (χ3v) is 7.43. The molecule has 1 saturated heterocycles. The first-order chi connectivity index (χ1) is 16.4. The number of furan rings is 1. The van der Waals surface area contributed by atoms with E-state index in [1.165, 1.54) is 30.3 Å². The molecule has 1 aromatic heterocycles. The second-order valence-corrected chi connectivity index (χ2v) is 10.6. The number of carboxylic acid groups (broad SMARTS) is 1.